The van der Waals surface area contributed by atoms with Gasteiger partial charge in [0.2, 0.25) is 0 Å². The topological polar surface area (TPSA) is 37.8 Å². The van der Waals surface area contributed by atoms with Crippen molar-refractivity contribution in [3.8, 4) is 0 Å². The molecule has 1 heterocycles. The van der Waals surface area contributed by atoms with Crippen LogP contribution in [-0.2, 0) is 13.0 Å². The van der Waals surface area contributed by atoms with Crippen LogP contribution in [0.1, 0.15) is 35.6 Å². The van der Waals surface area contributed by atoms with Crippen molar-refractivity contribution >= 4 is 23.2 Å². The molecular weight excluding hydrogens is 305 g/mol. The molecule has 1 aliphatic rings. The Morgan fingerprint density at radius 3 is 2.57 bits per heavy atom. The van der Waals surface area contributed by atoms with Crippen molar-refractivity contribution in [2.75, 3.05) is 0 Å². The van der Waals surface area contributed by atoms with E-state index in [1.165, 1.54) is 12.8 Å². The van der Waals surface area contributed by atoms with Gasteiger partial charge in [-0.25, -0.2) is 9.97 Å². The van der Waals surface area contributed by atoms with Crippen LogP contribution in [0.3, 0.4) is 0 Å². The predicted molar refractivity (Wildman–Crippen MR) is 85.9 cm³/mol. The quantitative estimate of drug-likeness (QED) is 0.906. The molecule has 1 aromatic heterocycles. The molecule has 0 unspecified atom stereocenters. The number of benzene rings is 1. The first-order chi connectivity index (χ1) is 10.1. The Bertz CT molecular complexity index is 634. The van der Waals surface area contributed by atoms with Crippen molar-refractivity contribution < 1.29 is 0 Å². The van der Waals surface area contributed by atoms with E-state index in [1.54, 1.807) is 0 Å². The number of aryl methyl sites for hydroxylation is 1. The number of nitrogens with zero attached hydrogens (tertiary/aromatic N) is 2. The van der Waals surface area contributed by atoms with Gasteiger partial charge in [0.1, 0.15) is 5.82 Å². The molecule has 0 saturated heterocycles. The van der Waals surface area contributed by atoms with Crippen LogP contribution in [-0.4, -0.2) is 16.0 Å². The molecule has 5 heteroatoms. The highest BCUT2D eigenvalue weighted by Crippen LogP contribution is 2.26. The zero-order valence-electron chi connectivity index (χ0n) is 11.9. The van der Waals surface area contributed by atoms with Gasteiger partial charge in [-0.05, 0) is 43.5 Å². The summed E-state index contributed by atoms with van der Waals surface area (Å²) in [7, 11) is 0. The van der Waals surface area contributed by atoms with Gasteiger partial charge in [-0.2, -0.15) is 0 Å². The summed E-state index contributed by atoms with van der Waals surface area (Å²) in [6.07, 6.45) is 3.09. The van der Waals surface area contributed by atoms with Crippen LogP contribution >= 0.6 is 23.2 Å². The highest BCUT2D eigenvalue weighted by Gasteiger charge is 2.20. The number of hydrogen-bond donors (Lipinski definition) is 1. The molecule has 1 aromatic carbocycles. The van der Waals surface area contributed by atoms with Gasteiger partial charge < -0.3 is 5.32 Å². The van der Waals surface area contributed by atoms with E-state index >= 15 is 0 Å². The molecule has 0 amide bonds. The summed E-state index contributed by atoms with van der Waals surface area (Å²) in [6.45, 7) is 2.78. The summed E-state index contributed by atoms with van der Waals surface area (Å²) in [5.74, 6) is 0.762. The fraction of sp³-hybridized carbons (Fsp3) is 0.375. The maximum atomic E-state index is 6.22. The summed E-state index contributed by atoms with van der Waals surface area (Å²) in [5.41, 5.74) is 2.87. The Balaban J connectivity index is 1.80. The maximum absolute atomic E-state index is 6.22. The van der Waals surface area contributed by atoms with Crippen LogP contribution < -0.4 is 5.32 Å². The normalized spacial score (nSPS) is 14.4. The molecule has 0 spiro atoms. The summed E-state index contributed by atoms with van der Waals surface area (Å²) in [5, 5.41) is 4.79. The lowest BCUT2D eigenvalue weighted by Gasteiger charge is -2.09. The Hall–Kier alpha value is -1.16. The second-order valence-corrected chi connectivity index (χ2v) is 6.26. The van der Waals surface area contributed by atoms with Crippen LogP contribution in [0.2, 0.25) is 10.0 Å². The van der Waals surface area contributed by atoms with Crippen molar-refractivity contribution in [3.63, 3.8) is 0 Å². The third-order valence-corrected chi connectivity index (χ3v) is 4.21. The third-order valence-electron chi connectivity index (χ3n) is 3.50. The average Bonchev–Trinajstić information content (AvgIpc) is 3.24. The minimum absolute atomic E-state index is 0.552. The number of rotatable bonds is 5. The van der Waals surface area contributed by atoms with Crippen molar-refractivity contribution in [2.24, 2.45) is 0 Å². The zero-order valence-corrected chi connectivity index (χ0v) is 13.4. The van der Waals surface area contributed by atoms with E-state index in [2.05, 4.69) is 15.3 Å². The largest absolute Gasteiger partial charge is 0.308 e. The van der Waals surface area contributed by atoms with Gasteiger partial charge in [-0.1, -0.05) is 29.3 Å². The molecule has 21 heavy (non-hydrogen) atoms. The monoisotopic (exact) mass is 321 g/mol. The Morgan fingerprint density at radius 1 is 1.19 bits per heavy atom. The van der Waals surface area contributed by atoms with E-state index in [4.69, 9.17) is 23.2 Å². The molecule has 1 fully saturated rings. The van der Waals surface area contributed by atoms with Crippen LogP contribution in [0.5, 0.6) is 0 Å². The molecule has 3 rings (SSSR count). The number of aromatic nitrogens is 2. The Morgan fingerprint density at radius 2 is 1.90 bits per heavy atom. The lowest BCUT2D eigenvalue weighted by Crippen LogP contribution is -2.17. The lowest BCUT2D eigenvalue weighted by molar-refractivity contribution is 0.667. The lowest BCUT2D eigenvalue weighted by atomic mass is 10.1. The first-order valence-electron chi connectivity index (χ1n) is 7.11. The molecule has 1 N–H and O–H groups in total. The summed E-state index contributed by atoms with van der Waals surface area (Å²) in [6, 6.07) is 8.22. The maximum Gasteiger partial charge on any atom is 0.133 e. The fourth-order valence-corrected chi connectivity index (χ4v) is 2.80. The van der Waals surface area contributed by atoms with E-state index < -0.39 is 0 Å². The summed E-state index contributed by atoms with van der Waals surface area (Å²) < 4.78 is 0. The van der Waals surface area contributed by atoms with Crippen molar-refractivity contribution in [1.29, 1.82) is 0 Å². The summed E-state index contributed by atoms with van der Waals surface area (Å²) in [4.78, 5) is 9.12. The van der Waals surface area contributed by atoms with Crippen molar-refractivity contribution in [1.82, 2.24) is 15.3 Å². The third kappa shape index (κ3) is 3.94. The molecule has 0 bridgehead atoms. The SMILES string of the molecule is Cc1cc(CNC2CC2)nc(Cc2c(Cl)cccc2Cl)n1. The number of hydrogen-bond acceptors (Lipinski definition) is 3. The van der Waals surface area contributed by atoms with Gasteiger partial charge in [0.15, 0.2) is 0 Å². The first-order valence-corrected chi connectivity index (χ1v) is 7.87. The van der Waals surface area contributed by atoms with Crippen LogP contribution in [0.4, 0.5) is 0 Å². The van der Waals surface area contributed by atoms with Gasteiger partial charge in [0.25, 0.3) is 0 Å². The minimum Gasteiger partial charge on any atom is -0.308 e. The molecule has 3 nitrogen and oxygen atoms in total. The van der Waals surface area contributed by atoms with Crippen LogP contribution in [0.15, 0.2) is 24.3 Å². The minimum atomic E-state index is 0.552. The van der Waals surface area contributed by atoms with Gasteiger partial charge in [0.05, 0.1) is 5.69 Å². The van der Waals surface area contributed by atoms with Crippen molar-refractivity contribution in [3.05, 3.63) is 57.1 Å². The van der Waals surface area contributed by atoms with E-state index in [1.807, 2.05) is 31.2 Å². The molecule has 0 aliphatic heterocycles. The van der Waals surface area contributed by atoms with E-state index in [-0.39, 0.29) is 0 Å². The van der Waals surface area contributed by atoms with E-state index in [0.29, 0.717) is 22.5 Å². The molecule has 110 valence electrons. The van der Waals surface area contributed by atoms with Crippen LogP contribution in [0, 0.1) is 6.92 Å². The van der Waals surface area contributed by atoms with Gasteiger partial charge in [0, 0.05) is 34.7 Å². The van der Waals surface area contributed by atoms with Gasteiger partial charge in [-0.15, -0.1) is 0 Å². The Labute approximate surface area is 134 Å². The van der Waals surface area contributed by atoms with Gasteiger partial charge in [-0.3, -0.25) is 0 Å². The van der Waals surface area contributed by atoms with E-state index in [0.717, 1.165) is 29.3 Å². The second kappa shape index (κ2) is 6.30. The standard InChI is InChI=1S/C16H17Cl2N3/c1-10-7-12(9-19-11-5-6-11)21-16(20-10)8-13-14(17)3-2-4-15(13)18/h2-4,7,11,19H,5-6,8-9H2,1H3. The van der Waals surface area contributed by atoms with Crippen LogP contribution in [0.25, 0.3) is 0 Å². The van der Waals surface area contributed by atoms with Gasteiger partial charge >= 0.3 is 0 Å². The molecule has 0 atom stereocenters. The summed E-state index contributed by atoms with van der Waals surface area (Å²) >= 11 is 12.4. The predicted octanol–water partition coefficient (Wildman–Crippen LogP) is 3.93. The second-order valence-electron chi connectivity index (χ2n) is 5.45. The molecule has 2 aromatic rings. The van der Waals surface area contributed by atoms with Crippen molar-refractivity contribution in [2.45, 2.75) is 38.8 Å². The van der Waals surface area contributed by atoms with E-state index in [9.17, 15) is 0 Å². The smallest absolute Gasteiger partial charge is 0.133 e. The average molecular weight is 322 g/mol. The molecular formula is C16H17Cl2N3. The molecule has 1 saturated carbocycles. The molecule has 1 aliphatic carbocycles. The highest BCUT2D eigenvalue weighted by molar-refractivity contribution is 6.36. The highest BCUT2D eigenvalue weighted by atomic mass is 35.5. The Kier molecular flexibility index (Phi) is 4.43. The number of nitrogens with one attached hydrogen (secondary N) is 1. The molecule has 0 radical (unpaired) electrons. The number of halogens is 2. The fourth-order valence-electron chi connectivity index (χ4n) is 2.27. The first kappa shape index (κ1) is 14.8. The zero-order chi connectivity index (χ0) is 14.8.